The van der Waals surface area contributed by atoms with Crippen molar-refractivity contribution in [2.75, 3.05) is 5.75 Å². The fourth-order valence-electron chi connectivity index (χ4n) is 3.12. The summed E-state index contributed by atoms with van der Waals surface area (Å²) in [5, 5.41) is 12.7. The number of amides is 3. The zero-order valence-corrected chi connectivity index (χ0v) is 20.7. The van der Waals surface area contributed by atoms with Crippen LogP contribution in [0.15, 0.2) is 24.3 Å². The van der Waals surface area contributed by atoms with Gasteiger partial charge in [-0.1, -0.05) is 51.5 Å². The third-order valence-corrected chi connectivity index (χ3v) is 6.88. The molecule has 1 aromatic carbocycles. The third-order valence-electron chi connectivity index (χ3n) is 5.32. The maximum atomic E-state index is 13.0. The van der Waals surface area contributed by atoms with Crippen LogP contribution >= 0.6 is 0 Å². The Balaban J connectivity index is 0.0000116. The van der Waals surface area contributed by atoms with Gasteiger partial charge in [0, 0.05) is 20.0 Å². The molecule has 0 radical (unpaired) electrons. The van der Waals surface area contributed by atoms with E-state index in [0.717, 1.165) is 5.56 Å². The van der Waals surface area contributed by atoms with Gasteiger partial charge in [0.05, 0.1) is 5.75 Å². The number of carbonyl (C=O) groups excluding carboxylic acids is 3. The molecule has 0 aliphatic carbocycles. The average Bonchev–Trinajstić information content (AvgIpc) is 2.77. The Labute approximate surface area is 202 Å². The van der Waals surface area contributed by atoms with Gasteiger partial charge >= 0.3 is 0 Å². The molecule has 1 rings (SSSR count). The van der Waals surface area contributed by atoms with Crippen molar-refractivity contribution in [1.29, 1.82) is 5.41 Å². The van der Waals surface area contributed by atoms with Crippen molar-refractivity contribution in [2.45, 2.75) is 65.1 Å². The number of amidine groups is 1. The van der Waals surface area contributed by atoms with E-state index >= 15 is 0 Å². The smallest absolute Gasteiger partial charge is 0.242 e. The Morgan fingerprint density at radius 2 is 1.71 bits per heavy atom. The highest BCUT2D eigenvalue weighted by Gasteiger charge is 2.31. The second kappa shape index (κ2) is 13.7. The first-order valence-electron chi connectivity index (χ1n) is 11.2. The second-order valence-corrected chi connectivity index (χ2v) is 10.1. The summed E-state index contributed by atoms with van der Waals surface area (Å²) in [5.41, 5.74) is 11.9. The summed E-state index contributed by atoms with van der Waals surface area (Å²) < 4.78 is 27.0. The van der Waals surface area contributed by atoms with E-state index in [0.29, 0.717) is 18.4 Å². The Hall–Kier alpha value is -2.99. The molecule has 0 saturated carbocycles. The van der Waals surface area contributed by atoms with Crippen LogP contribution in [0.5, 0.6) is 0 Å². The highest BCUT2D eigenvalue weighted by atomic mass is 32.2. The van der Waals surface area contributed by atoms with E-state index in [4.69, 9.17) is 16.9 Å². The van der Waals surface area contributed by atoms with E-state index in [1.54, 1.807) is 38.1 Å². The minimum Gasteiger partial charge on any atom is -0.384 e. The molecule has 1 aromatic rings. The summed E-state index contributed by atoms with van der Waals surface area (Å²) in [7, 11) is -3.68. The molecular formula is C22H38N6O5S. The molecule has 0 saturated heterocycles. The van der Waals surface area contributed by atoms with E-state index < -0.39 is 39.8 Å². The van der Waals surface area contributed by atoms with Gasteiger partial charge in [-0.2, -0.15) is 0 Å². The van der Waals surface area contributed by atoms with Crippen LogP contribution in [0.1, 0.15) is 59.0 Å². The van der Waals surface area contributed by atoms with E-state index in [1.807, 2.05) is 6.92 Å². The van der Waals surface area contributed by atoms with Crippen molar-refractivity contribution >= 4 is 33.6 Å². The van der Waals surface area contributed by atoms with Crippen LogP contribution in [-0.4, -0.2) is 49.8 Å². The van der Waals surface area contributed by atoms with Crippen LogP contribution in [0.4, 0.5) is 0 Å². The van der Waals surface area contributed by atoms with Gasteiger partial charge in [-0.05, 0) is 24.3 Å². The van der Waals surface area contributed by atoms with E-state index in [2.05, 4.69) is 15.4 Å². The zero-order chi connectivity index (χ0) is 25.9. The summed E-state index contributed by atoms with van der Waals surface area (Å²) in [6.45, 7) is 5.42. The fourth-order valence-corrected chi connectivity index (χ4v) is 4.50. The quantitative estimate of drug-likeness (QED) is 0.149. The molecule has 34 heavy (non-hydrogen) atoms. The number of benzene rings is 1. The molecule has 8 N–H and O–H groups in total. The van der Waals surface area contributed by atoms with Crippen LogP contribution in [0.25, 0.3) is 0 Å². The number of hydrogen-bond donors (Lipinski definition) is 6. The fraction of sp³-hybridized carbons (Fsp3) is 0.545. The molecule has 0 heterocycles. The number of hydrogen-bond acceptors (Lipinski definition) is 6. The minimum atomic E-state index is -3.68. The molecular weight excluding hydrogens is 460 g/mol. The van der Waals surface area contributed by atoms with Crippen molar-refractivity contribution in [3.8, 4) is 0 Å². The highest BCUT2D eigenvalue weighted by Crippen LogP contribution is 2.11. The van der Waals surface area contributed by atoms with Crippen LogP contribution in [0.3, 0.4) is 0 Å². The van der Waals surface area contributed by atoms with Gasteiger partial charge in [-0.3, -0.25) is 19.8 Å². The van der Waals surface area contributed by atoms with Crippen molar-refractivity contribution in [3.63, 3.8) is 0 Å². The first-order chi connectivity index (χ1) is 15.9. The SMILES string of the molecule is CCCS(=O)(=O)N[C@@H](C(=O)N[C@@H](CCC(N)=O)C(=O)NCc1ccc(C(=N)N)cc1)C(C)CC.[HH]. The summed E-state index contributed by atoms with van der Waals surface area (Å²) in [5.74, 6) is -2.34. The Bertz CT molecular complexity index is 971. The van der Waals surface area contributed by atoms with Gasteiger partial charge in [0.1, 0.15) is 17.9 Å². The number of rotatable bonds is 15. The lowest BCUT2D eigenvalue weighted by molar-refractivity contribution is -0.131. The largest absolute Gasteiger partial charge is 0.384 e. The number of primary amides is 1. The number of carbonyl (C=O) groups is 3. The van der Waals surface area contributed by atoms with Gasteiger partial charge in [0.2, 0.25) is 27.7 Å². The lowest BCUT2D eigenvalue weighted by Crippen LogP contribution is -2.55. The molecule has 0 fully saturated rings. The molecule has 1 unspecified atom stereocenters. The van der Waals surface area contributed by atoms with Crippen LogP contribution in [0, 0.1) is 11.3 Å². The molecule has 192 valence electrons. The lowest BCUT2D eigenvalue weighted by Gasteiger charge is -2.26. The van der Waals surface area contributed by atoms with Gasteiger partial charge in [0.25, 0.3) is 0 Å². The molecule has 3 atom stereocenters. The summed E-state index contributed by atoms with van der Waals surface area (Å²) in [6.07, 6.45) is 0.745. The third kappa shape index (κ3) is 9.87. The predicted molar refractivity (Wildman–Crippen MR) is 132 cm³/mol. The maximum Gasteiger partial charge on any atom is 0.242 e. The van der Waals surface area contributed by atoms with Crippen LogP contribution in [-0.2, 0) is 31.0 Å². The second-order valence-electron chi connectivity index (χ2n) is 8.19. The molecule has 3 amide bonds. The number of nitrogens with two attached hydrogens (primary N) is 2. The number of nitrogens with one attached hydrogen (secondary N) is 4. The number of sulfonamides is 1. The molecule has 0 spiro atoms. The molecule has 11 nitrogen and oxygen atoms in total. The normalized spacial score (nSPS) is 14.0. The van der Waals surface area contributed by atoms with Crippen molar-refractivity contribution < 1.29 is 24.2 Å². The first kappa shape index (κ1) is 29.0. The van der Waals surface area contributed by atoms with Crippen LogP contribution in [0.2, 0.25) is 0 Å². The van der Waals surface area contributed by atoms with E-state index in [9.17, 15) is 22.8 Å². The Morgan fingerprint density at radius 1 is 1.09 bits per heavy atom. The monoisotopic (exact) mass is 498 g/mol. The van der Waals surface area contributed by atoms with Gasteiger partial charge in [0.15, 0.2) is 0 Å². The molecule has 0 aromatic heterocycles. The van der Waals surface area contributed by atoms with E-state index in [1.165, 1.54) is 0 Å². The summed E-state index contributed by atoms with van der Waals surface area (Å²) in [6, 6.07) is 4.55. The van der Waals surface area contributed by atoms with E-state index in [-0.39, 0.29) is 38.3 Å². The Kier molecular flexibility index (Phi) is 11.7. The highest BCUT2D eigenvalue weighted by molar-refractivity contribution is 7.89. The zero-order valence-electron chi connectivity index (χ0n) is 19.9. The van der Waals surface area contributed by atoms with Gasteiger partial charge in [-0.25, -0.2) is 13.1 Å². The van der Waals surface area contributed by atoms with Gasteiger partial charge in [-0.15, -0.1) is 0 Å². The van der Waals surface area contributed by atoms with Crippen LogP contribution < -0.4 is 26.8 Å². The summed E-state index contributed by atoms with van der Waals surface area (Å²) >= 11 is 0. The topological polar surface area (TPSA) is 197 Å². The maximum absolute atomic E-state index is 13.0. The van der Waals surface area contributed by atoms with Crippen molar-refractivity contribution in [2.24, 2.45) is 17.4 Å². The number of nitrogen functional groups attached to an aromatic ring is 1. The van der Waals surface area contributed by atoms with Crippen molar-refractivity contribution in [1.82, 2.24) is 15.4 Å². The molecule has 0 aliphatic heterocycles. The van der Waals surface area contributed by atoms with Crippen molar-refractivity contribution in [3.05, 3.63) is 35.4 Å². The molecule has 0 aliphatic rings. The average molecular weight is 499 g/mol. The summed E-state index contributed by atoms with van der Waals surface area (Å²) in [4.78, 5) is 37.1. The molecule has 12 heteroatoms. The van der Waals surface area contributed by atoms with Gasteiger partial charge < -0.3 is 22.1 Å². The lowest BCUT2D eigenvalue weighted by atomic mass is 9.98. The minimum absolute atomic E-state index is 0. The first-order valence-corrected chi connectivity index (χ1v) is 12.8. The standard InChI is InChI=1S/C22H36N6O5S.H2/c1-4-12-34(32,33)28-19(14(3)5-2)22(31)27-17(10-11-18(23)29)21(30)26-13-15-6-8-16(9-7-15)20(24)25;/h6-9,14,17,19,28H,4-5,10-13H2,1-3H3,(H2,23,29)(H3,24,25)(H,26,30)(H,27,31);1H/t14?,17-,19+;/m0./s1. The predicted octanol–water partition coefficient (Wildman–Crippen LogP) is 0.327. The Morgan fingerprint density at radius 3 is 2.21 bits per heavy atom. The molecule has 0 bridgehead atoms.